The van der Waals surface area contributed by atoms with Gasteiger partial charge in [0.1, 0.15) is 13.2 Å². The maximum atomic E-state index is 12.7. The topological polar surface area (TPSA) is 78.9 Å². The van der Waals surface area contributed by atoms with Crippen molar-refractivity contribution < 1.29 is 28.6 Å². The lowest BCUT2D eigenvalue weighted by molar-refractivity contribution is -0.167. The smallest absolute Gasteiger partial charge is 0.306 e. The highest BCUT2D eigenvalue weighted by molar-refractivity contribution is 5.71. The summed E-state index contributed by atoms with van der Waals surface area (Å²) in [5.41, 5.74) is 0. The number of ether oxygens (including phenoxy) is 3. The van der Waals surface area contributed by atoms with Crippen molar-refractivity contribution >= 4 is 17.9 Å². The molecule has 0 saturated heterocycles. The summed E-state index contributed by atoms with van der Waals surface area (Å²) >= 11 is 0. The first kappa shape index (κ1) is 49.4. The van der Waals surface area contributed by atoms with E-state index in [-0.39, 0.29) is 31.1 Å². The van der Waals surface area contributed by atoms with Crippen molar-refractivity contribution in [3.63, 3.8) is 0 Å². The van der Waals surface area contributed by atoms with Crippen LogP contribution >= 0.6 is 0 Å². The molecule has 0 radical (unpaired) electrons. The molecule has 302 valence electrons. The number of hydrogen-bond donors (Lipinski definition) is 0. The van der Waals surface area contributed by atoms with Gasteiger partial charge >= 0.3 is 17.9 Å². The van der Waals surface area contributed by atoms with Crippen molar-refractivity contribution in [3.8, 4) is 0 Å². The van der Waals surface area contributed by atoms with E-state index < -0.39 is 6.10 Å². The van der Waals surface area contributed by atoms with E-state index in [0.29, 0.717) is 19.3 Å². The predicted octanol–water partition coefficient (Wildman–Crippen LogP) is 13.9. The second kappa shape index (κ2) is 39.6. The first-order valence-electron chi connectivity index (χ1n) is 22.4. The van der Waals surface area contributed by atoms with Crippen molar-refractivity contribution in [2.24, 2.45) is 5.92 Å². The zero-order valence-corrected chi connectivity index (χ0v) is 34.6. The SMILES string of the molecule is CCCCCCCCCCCCCC(=O)O[C@H](COC(=O)CCCCCCCCCCC)COC(=O)CCCCCCCCCCCCC(C)C. The molecule has 0 unspecified atom stereocenters. The van der Waals surface area contributed by atoms with Gasteiger partial charge in [-0.05, 0) is 25.2 Å². The van der Waals surface area contributed by atoms with Crippen LogP contribution in [0.25, 0.3) is 0 Å². The molecule has 6 nitrogen and oxygen atoms in total. The zero-order valence-electron chi connectivity index (χ0n) is 34.6. The van der Waals surface area contributed by atoms with Gasteiger partial charge in [-0.25, -0.2) is 0 Å². The van der Waals surface area contributed by atoms with E-state index in [0.717, 1.165) is 63.7 Å². The lowest BCUT2D eigenvalue weighted by Gasteiger charge is -2.18. The normalized spacial score (nSPS) is 11.9. The quantitative estimate of drug-likeness (QED) is 0.0356. The third-order valence-electron chi connectivity index (χ3n) is 10.0. The Kier molecular flexibility index (Phi) is 38.4. The summed E-state index contributed by atoms with van der Waals surface area (Å²) in [4.78, 5) is 37.6. The monoisotopic (exact) mass is 723 g/mol. The number of unbranched alkanes of at least 4 members (excludes halogenated alkanes) is 27. The average Bonchev–Trinajstić information content (AvgIpc) is 3.11. The van der Waals surface area contributed by atoms with Gasteiger partial charge in [0.25, 0.3) is 0 Å². The van der Waals surface area contributed by atoms with Crippen molar-refractivity contribution in [2.75, 3.05) is 13.2 Å². The summed E-state index contributed by atoms with van der Waals surface area (Å²) in [6.45, 7) is 8.96. The van der Waals surface area contributed by atoms with Crippen LogP contribution < -0.4 is 0 Å². The number of carbonyl (C=O) groups is 3. The van der Waals surface area contributed by atoms with Gasteiger partial charge in [-0.3, -0.25) is 14.4 Å². The summed E-state index contributed by atoms with van der Waals surface area (Å²) in [6.07, 6.45) is 38.0. The minimum Gasteiger partial charge on any atom is -0.462 e. The molecule has 0 N–H and O–H groups in total. The van der Waals surface area contributed by atoms with E-state index in [1.807, 2.05) is 0 Å². The maximum absolute atomic E-state index is 12.7. The Balaban J connectivity index is 4.31. The summed E-state index contributed by atoms with van der Waals surface area (Å²) in [5.74, 6) is -0.0397. The molecule has 1 atom stereocenters. The van der Waals surface area contributed by atoms with Gasteiger partial charge in [-0.1, -0.05) is 207 Å². The summed E-state index contributed by atoms with van der Waals surface area (Å²) in [7, 11) is 0. The molecular formula is C45H86O6. The zero-order chi connectivity index (χ0) is 37.5. The molecule has 6 heteroatoms. The Labute approximate surface area is 317 Å². The van der Waals surface area contributed by atoms with E-state index in [2.05, 4.69) is 27.7 Å². The Morgan fingerprint density at radius 3 is 0.961 bits per heavy atom. The van der Waals surface area contributed by atoms with Crippen LogP contribution in [0.2, 0.25) is 0 Å². The molecule has 0 aromatic carbocycles. The van der Waals surface area contributed by atoms with Crippen LogP contribution in [-0.4, -0.2) is 37.2 Å². The molecule has 0 heterocycles. The fourth-order valence-corrected chi connectivity index (χ4v) is 6.63. The van der Waals surface area contributed by atoms with E-state index in [1.54, 1.807) is 0 Å². The van der Waals surface area contributed by atoms with E-state index in [4.69, 9.17) is 14.2 Å². The third kappa shape index (κ3) is 39.5. The van der Waals surface area contributed by atoms with Crippen LogP contribution in [-0.2, 0) is 28.6 Å². The first-order valence-corrected chi connectivity index (χ1v) is 22.4. The van der Waals surface area contributed by atoms with Crippen LogP contribution in [0.3, 0.4) is 0 Å². The fourth-order valence-electron chi connectivity index (χ4n) is 6.63. The Morgan fingerprint density at radius 1 is 0.373 bits per heavy atom. The average molecular weight is 723 g/mol. The number of carbonyl (C=O) groups excluding carboxylic acids is 3. The highest BCUT2D eigenvalue weighted by Crippen LogP contribution is 2.16. The number of rotatable bonds is 40. The Hall–Kier alpha value is -1.59. The molecule has 0 fully saturated rings. The van der Waals surface area contributed by atoms with Crippen molar-refractivity contribution in [2.45, 2.75) is 252 Å². The molecule has 0 aliphatic heterocycles. The molecular weight excluding hydrogens is 636 g/mol. The minimum absolute atomic E-state index is 0.0642. The highest BCUT2D eigenvalue weighted by Gasteiger charge is 2.19. The van der Waals surface area contributed by atoms with Crippen LogP contribution in [0.15, 0.2) is 0 Å². The molecule has 0 saturated carbocycles. The van der Waals surface area contributed by atoms with Crippen molar-refractivity contribution in [3.05, 3.63) is 0 Å². The molecule has 0 aromatic heterocycles. The standard InChI is InChI=1S/C45H86O6/c1-5-7-9-11-13-15-16-22-26-30-34-38-45(48)51-42(39-49-43(46)36-32-28-24-19-14-12-10-8-6-2)40-50-44(47)37-33-29-25-21-18-17-20-23-27-31-35-41(3)4/h41-42H,5-40H2,1-4H3/t42-/m1/s1. The lowest BCUT2D eigenvalue weighted by atomic mass is 10.0. The van der Waals surface area contributed by atoms with Crippen molar-refractivity contribution in [1.82, 2.24) is 0 Å². The molecule has 0 aromatic rings. The highest BCUT2D eigenvalue weighted by atomic mass is 16.6. The Bertz CT molecular complexity index is 766. The fraction of sp³-hybridized carbons (Fsp3) is 0.933. The number of hydrogen-bond acceptors (Lipinski definition) is 6. The molecule has 0 spiro atoms. The Morgan fingerprint density at radius 2 is 0.647 bits per heavy atom. The molecule has 51 heavy (non-hydrogen) atoms. The van der Waals surface area contributed by atoms with Gasteiger partial charge in [0.15, 0.2) is 6.10 Å². The molecule has 0 aliphatic rings. The second-order valence-corrected chi connectivity index (χ2v) is 15.8. The van der Waals surface area contributed by atoms with Gasteiger partial charge < -0.3 is 14.2 Å². The molecule has 0 aliphatic carbocycles. The third-order valence-corrected chi connectivity index (χ3v) is 10.0. The minimum atomic E-state index is -0.758. The van der Waals surface area contributed by atoms with Gasteiger partial charge in [-0.15, -0.1) is 0 Å². The van der Waals surface area contributed by atoms with Gasteiger partial charge in [0.05, 0.1) is 0 Å². The molecule has 0 amide bonds. The van der Waals surface area contributed by atoms with Crippen LogP contribution in [0.4, 0.5) is 0 Å². The predicted molar refractivity (Wildman–Crippen MR) is 215 cm³/mol. The largest absolute Gasteiger partial charge is 0.462 e. The van der Waals surface area contributed by atoms with Crippen LogP contribution in [0.5, 0.6) is 0 Å². The number of esters is 3. The van der Waals surface area contributed by atoms with E-state index in [1.165, 1.54) is 141 Å². The summed E-state index contributed by atoms with van der Waals surface area (Å²) in [6, 6.07) is 0. The second-order valence-electron chi connectivity index (χ2n) is 15.8. The van der Waals surface area contributed by atoms with Crippen molar-refractivity contribution in [1.29, 1.82) is 0 Å². The lowest BCUT2D eigenvalue weighted by Crippen LogP contribution is -2.30. The van der Waals surface area contributed by atoms with E-state index >= 15 is 0 Å². The first-order chi connectivity index (χ1) is 24.9. The van der Waals surface area contributed by atoms with Gasteiger partial charge in [0.2, 0.25) is 0 Å². The summed E-state index contributed by atoms with van der Waals surface area (Å²) < 4.78 is 16.7. The van der Waals surface area contributed by atoms with Gasteiger partial charge in [0, 0.05) is 19.3 Å². The van der Waals surface area contributed by atoms with Gasteiger partial charge in [-0.2, -0.15) is 0 Å². The summed E-state index contributed by atoms with van der Waals surface area (Å²) in [5, 5.41) is 0. The van der Waals surface area contributed by atoms with Crippen LogP contribution in [0, 0.1) is 5.92 Å². The molecule has 0 rings (SSSR count). The van der Waals surface area contributed by atoms with Crippen LogP contribution in [0.1, 0.15) is 246 Å². The van der Waals surface area contributed by atoms with E-state index in [9.17, 15) is 14.4 Å². The maximum Gasteiger partial charge on any atom is 0.306 e. The molecule has 0 bridgehead atoms.